The molecule has 15 heavy (non-hydrogen) atoms. The molecule has 0 bridgehead atoms. The largest absolute Gasteiger partial charge is 0.192 e. The lowest BCUT2D eigenvalue weighted by atomic mass is 10.0. The Balaban J connectivity index is 0.000000531. The van der Waals surface area contributed by atoms with E-state index in [1.165, 1.54) is 10.9 Å². The van der Waals surface area contributed by atoms with Gasteiger partial charge >= 0.3 is 0 Å². The zero-order valence-corrected chi connectivity index (χ0v) is 9.41. The molecule has 0 atom stereocenters. The Morgan fingerprint density at radius 2 is 1.53 bits per heavy atom. The maximum absolute atomic E-state index is 8.88. The summed E-state index contributed by atoms with van der Waals surface area (Å²) in [5, 5.41) is 11.1. The molecular formula is C14H15N. The first-order valence-electron chi connectivity index (χ1n) is 5.21. The molecule has 76 valence electrons. The van der Waals surface area contributed by atoms with Crippen LogP contribution in [0.2, 0.25) is 0 Å². The van der Waals surface area contributed by atoms with E-state index in [0.717, 1.165) is 10.9 Å². The molecule has 1 nitrogen and oxygen atoms in total. The van der Waals surface area contributed by atoms with Gasteiger partial charge in [0.05, 0.1) is 11.6 Å². The van der Waals surface area contributed by atoms with E-state index in [1.807, 2.05) is 50.2 Å². The number of aryl methyl sites for hydroxylation is 1. The average Bonchev–Trinajstić information content (AvgIpc) is 2.33. The third kappa shape index (κ3) is 2.16. The van der Waals surface area contributed by atoms with E-state index in [9.17, 15) is 0 Å². The van der Waals surface area contributed by atoms with Crippen LogP contribution >= 0.6 is 0 Å². The lowest BCUT2D eigenvalue weighted by molar-refractivity contribution is 1.47. The Morgan fingerprint density at radius 1 is 0.933 bits per heavy atom. The first kappa shape index (κ1) is 11.3. The maximum Gasteiger partial charge on any atom is 0.0998 e. The highest BCUT2D eigenvalue weighted by molar-refractivity contribution is 5.90. The van der Waals surface area contributed by atoms with Crippen molar-refractivity contribution in [3.05, 3.63) is 47.5 Å². The van der Waals surface area contributed by atoms with Gasteiger partial charge in [-0.3, -0.25) is 0 Å². The van der Waals surface area contributed by atoms with Gasteiger partial charge in [-0.2, -0.15) is 5.26 Å². The van der Waals surface area contributed by atoms with Crippen molar-refractivity contribution in [2.75, 3.05) is 0 Å². The molecule has 0 spiro atoms. The highest BCUT2D eigenvalue weighted by Crippen LogP contribution is 2.21. The molecule has 0 amide bonds. The minimum Gasteiger partial charge on any atom is -0.192 e. The Kier molecular flexibility index (Phi) is 3.88. The van der Waals surface area contributed by atoms with Gasteiger partial charge in [0.25, 0.3) is 0 Å². The van der Waals surface area contributed by atoms with E-state index < -0.39 is 0 Å². The Bertz CT molecular complexity index is 492. The summed E-state index contributed by atoms with van der Waals surface area (Å²) in [6.45, 7) is 6.06. The fraction of sp³-hybridized carbons (Fsp3) is 0.214. The summed E-state index contributed by atoms with van der Waals surface area (Å²) >= 11 is 0. The minimum absolute atomic E-state index is 0.751. The lowest BCUT2D eigenvalue weighted by Crippen LogP contribution is -1.82. The smallest absolute Gasteiger partial charge is 0.0998 e. The van der Waals surface area contributed by atoms with E-state index in [0.29, 0.717) is 0 Å². The molecule has 0 radical (unpaired) electrons. The van der Waals surface area contributed by atoms with Gasteiger partial charge < -0.3 is 0 Å². The number of rotatable bonds is 0. The van der Waals surface area contributed by atoms with Gasteiger partial charge in [-0.05, 0) is 29.3 Å². The van der Waals surface area contributed by atoms with Crippen LogP contribution in [0.4, 0.5) is 0 Å². The quantitative estimate of drug-likeness (QED) is 0.625. The third-order valence-electron chi connectivity index (χ3n) is 2.26. The summed E-state index contributed by atoms with van der Waals surface area (Å²) < 4.78 is 0. The van der Waals surface area contributed by atoms with E-state index in [4.69, 9.17) is 5.26 Å². The number of hydrogen-bond donors (Lipinski definition) is 0. The summed E-state index contributed by atoms with van der Waals surface area (Å²) in [6, 6.07) is 14.0. The Hall–Kier alpha value is -1.81. The van der Waals surface area contributed by atoms with Crippen LogP contribution in [0.15, 0.2) is 36.4 Å². The highest BCUT2D eigenvalue weighted by Gasteiger charge is 2.00. The summed E-state index contributed by atoms with van der Waals surface area (Å²) in [5.74, 6) is 0. The SMILES string of the molecule is CC.Cc1ccc(C#N)c2ccccc12. The first-order valence-corrected chi connectivity index (χ1v) is 5.21. The number of nitrogens with zero attached hydrogens (tertiary/aromatic N) is 1. The number of benzene rings is 2. The van der Waals surface area contributed by atoms with Crippen molar-refractivity contribution in [3.63, 3.8) is 0 Å². The third-order valence-corrected chi connectivity index (χ3v) is 2.26. The van der Waals surface area contributed by atoms with Gasteiger partial charge in [0.1, 0.15) is 0 Å². The van der Waals surface area contributed by atoms with E-state index >= 15 is 0 Å². The van der Waals surface area contributed by atoms with Crippen molar-refractivity contribution in [1.82, 2.24) is 0 Å². The molecule has 0 aromatic heterocycles. The minimum atomic E-state index is 0.751. The van der Waals surface area contributed by atoms with E-state index in [-0.39, 0.29) is 0 Å². The van der Waals surface area contributed by atoms with E-state index in [2.05, 4.69) is 13.0 Å². The number of nitriles is 1. The van der Waals surface area contributed by atoms with Gasteiger partial charge in [0.15, 0.2) is 0 Å². The van der Waals surface area contributed by atoms with Gasteiger partial charge in [0, 0.05) is 0 Å². The molecule has 0 heterocycles. The molecule has 0 saturated carbocycles. The maximum atomic E-state index is 8.88. The summed E-state index contributed by atoms with van der Waals surface area (Å²) in [4.78, 5) is 0. The predicted octanol–water partition coefficient (Wildman–Crippen LogP) is 4.05. The Morgan fingerprint density at radius 3 is 2.13 bits per heavy atom. The molecule has 0 unspecified atom stereocenters. The van der Waals surface area contributed by atoms with Crippen molar-refractivity contribution in [1.29, 1.82) is 5.26 Å². The lowest BCUT2D eigenvalue weighted by Gasteiger charge is -2.02. The second-order valence-corrected chi connectivity index (χ2v) is 3.09. The molecular weight excluding hydrogens is 182 g/mol. The van der Waals surface area contributed by atoms with Crippen LogP contribution in [-0.4, -0.2) is 0 Å². The first-order chi connectivity index (χ1) is 7.33. The molecule has 0 aliphatic carbocycles. The van der Waals surface area contributed by atoms with Crippen molar-refractivity contribution in [2.24, 2.45) is 0 Å². The van der Waals surface area contributed by atoms with Gasteiger partial charge in [-0.15, -0.1) is 0 Å². The fourth-order valence-electron chi connectivity index (χ4n) is 1.55. The average molecular weight is 197 g/mol. The molecule has 0 aliphatic heterocycles. The van der Waals surface area contributed by atoms with Crippen LogP contribution in [0.1, 0.15) is 25.0 Å². The Labute approximate surface area is 91.0 Å². The summed E-state index contributed by atoms with van der Waals surface area (Å²) in [7, 11) is 0. The molecule has 0 fully saturated rings. The number of hydrogen-bond acceptors (Lipinski definition) is 1. The second-order valence-electron chi connectivity index (χ2n) is 3.09. The fourth-order valence-corrected chi connectivity index (χ4v) is 1.55. The van der Waals surface area contributed by atoms with Crippen LogP contribution in [0.25, 0.3) is 10.8 Å². The van der Waals surface area contributed by atoms with Crippen molar-refractivity contribution in [2.45, 2.75) is 20.8 Å². The molecule has 0 N–H and O–H groups in total. The topological polar surface area (TPSA) is 23.8 Å². The number of fused-ring (bicyclic) bond motifs is 1. The predicted molar refractivity (Wildman–Crippen MR) is 64.7 cm³/mol. The van der Waals surface area contributed by atoms with Crippen LogP contribution < -0.4 is 0 Å². The normalized spacial score (nSPS) is 8.93. The molecule has 2 aromatic carbocycles. The van der Waals surface area contributed by atoms with Crippen LogP contribution in [-0.2, 0) is 0 Å². The van der Waals surface area contributed by atoms with Crippen molar-refractivity contribution >= 4 is 10.8 Å². The molecule has 2 aromatic rings. The monoisotopic (exact) mass is 197 g/mol. The van der Waals surface area contributed by atoms with Crippen molar-refractivity contribution in [3.8, 4) is 6.07 Å². The zero-order chi connectivity index (χ0) is 11.3. The molecule has 2 rings (SSSR count). The van der Waals surface area contributed by atoms with Crippen molar-refractivity contribution < 1.29 is 0 Å². The van der Waals surface area contributed by atoms with Gasteiger partial charge in [0.2, 0.25) is 0 Å². The second kappa shape index (κ2) is 5.17. The van der Waals surface area contributed by atoms with Crippen LogP contribution in [0, 0.1) is 18.3 Å². The highest BCUT2D eigenvalue weighted by atomic mass is 14.2. The van der Waals surface area contributed by atoms with Gasteiger partial charge in [-0.25, -0.2) is 0 Å². The molecule has 1 heteroatoms. The summed E-state index contributed by atoms with van der Waals surface area (Å²) in [5.41, 5.74) is 1.97. The van der Waals surface area contributed by atoms with Crippen LogP contribution in [0.3, 0.4) is 0 Å². The van der Waals surface area contributed by atoms with E-state index in [1.54, 1.807) is 0 Å². The van der Waals surface area contributed by atoms with Gasteiger partial charge in [-0.1, -0.05) is 44.2 Å². The molecule has 0 saturated heterocycles. The molecule has 0 aliphatic rings. The zero-order valence-electron chi connectivity index (χ0n) is 9.41. The van der Waals surface area contributed by atoms with Crippen LogP contribution in [0.5, 0.6) is 0 Å². The standard InChI is InChI=1S/C12H9N.C2H6/c1-9-6-7-10(8-13)12-5-3-2-4-11(9)12;1-2/h2-7H,1H3;1-2H3. The summed E-state index contributed by atoms with van der Waals surface area (Å²) in [6.07, 6.45) is 0.